The van der Waals surface area contributed by atoms with Gasteiger partial charge in [-0.25, -0.2) is 0 Å². The van der Waals surface area contributed by atoms with Crippen LogP contribution in [-0.4, -0.2) is 6.04 Å². The van der Waals surface area contributed by atoms with Gasteiger partial charge in [0.05, 0.1) is 0 Å². The van der Waals surface area contributed by atoms with E-state index in [9.17, 15) is 0 Å². The summed E-state index contributed by atoms with van der Waals surface area (Å²) >= 11 is 1.86. The first-order valence-electron chi connectivity index (χ1n) is 6.39. The molecule has 1 nitrogen and oxygen atoms in total. The Labute approximate surface area is 103 Å². The third-order valence-corrected chi connectivity index (χ3v) is 4.98. The Balaban J connectivity index is 1.98. The van der Waals surface area contributed by atoms with Crippen molar-refractivity contribution < 1.29 is 0 Å². The van der Waals surface area contributed by atoms with Gasteiger partial charge in [0.15, 0.2) is 0 Å². The van der Waals surface area contributed by atoms with E-state index in [1.165, 1.54) is 30.6 Å². The van der Waals surface area contributed by atoms with Crippen molar-refractivity contribution in [2.45, 2.75) is 58.5 Å². The Kier molecular flexibility index (Phi) is 3.70. The van der Waals surface area contributed by atoms with Crippen LogP contribution in [0.3, 0.4) is 0 Å². The van der Waals surface area contributed by atoms with Crippen molar-refractivity contribution in [2.75, 3.05) is 0 Å². The van der Waals surface area contributed by atoms with Crippen LogP contribution in [-0.2, 0) is 0 Å². The molecule has 0 spiro atoms. The molecule has 1 N–H and O–H groups in total. The summed E-state index contributed by atoms with van der Waals surface area (Å²) in [5.74, 6) is 0. The summed E-state index contributed by atoms with van der Waals surface area (Å²) in [6, 6.07) is 5.56. The van der Waals surface area contributed by atoms with Crippen molar-refractivity contribution in [1.29, 1.82) is 0 Å². The Morgan fingerprint density at radius 1 is 1.44 bits per heavy atom. The molecule has 0 bridgehead atoms. The SMILES string of the molecule is C[C@H](NC1CCCCC1(C)C)c1cccs1. The van der Waals surface area contributed by atoms with Gasteiger partial charge < -0.3 is 5.32 Å². The fourth-order valence-corrected chi connectivity index (χ4v) is 3.47. The molecule has 0 aromatic carbocycles. The van der Waals surface area contributed by atoms with Gasteiger partial charge in [0, 0.05) is 17.0 Å². The van der Waals surface area contributed by atoms with Crippen molar-refractivity contribution in [2.24, 2.45) is 5.41 Å². The van der Waals surface area contributed by atoms with Crippen LogP contribution in [0.1, 0.15) is 57.4 Å². The molecule has 1 aliphatic carbocycles. The molecule has 2 atom stereocenters. The first kappa shape index (κ1) is 12.1. The topological polar surface area (TPSA) is 12.0 Å². The lowest BCUT2D eigenvalue weighted by Crippen LogP contribution is -2.44. The molecule has 1 fully saturated rings. The summed E-state index contributed by atoms with van der Waals surface area (Å²) in [5, 5.41) is 5.99. The summed E-state index contributed by atoms with van der Waals surface area (Å²) in [5.41, 5.74) is 0.462. The minimum atomic E-state index is 0.462. The Hall–Kier alpha value is -0.340. The molecular weight excluding hydrogens is 214 g/mol. The fraction of sp³-hybridized carbons (Fsp3) is 0.714. The van der Waals surface area contributed by atoms with Crippen LogP contribution < -0.4 is 5.32 Å². The Morgan fingerprint density at radius 3 is 2.88 bits per heavy atom. The van der Waals surface area contributed by atoms with E-state index >= 15 is 0 Å². The largest absolute Gasteiger partial charge is 0.306 e. The molecule has 0 radical (unpaired) electrons. The van der Waals surface area contributed by atoms with E-state index in [2.05, 4.69) is 43.6 Å². The van der Waals surface area contributed by atoms with Crippen molar-refractivity contribution in [3.63, 3.8) is 0 Å². The van der Waals surface area contributed by atoms with Crippen LogP contribution >= 0.6 is 11.3 Å². The van der Waals surface area contributed by atoms with Crippen molar-refractivity contribution in [1.82, 2.24) is 5.32 Å². The van der Waals surface area contributed by atoms with E-state index < -0.39 is 0 Å². The molecule has 1 aromatic heterocycles. The molecule has 1 saturated carbocycles. The zero-order valence-corrected chi connectivity index (χ0v) is 11.4. The van der Waals surface area contributed by atoms with Crippen molar-refractivity contribution in [3.8, 4) is 0 Å². The molecule has 2 rings (SSSR count). The van der Waals surface area contributed by atoms with E-state index in [0.717, 1.165) is 0 Å². The maximum Gasteiger partial charge on any atom is 0.0388 e. The van der Waals surface area contributed by atoms with Crippen LogP contribution in [0.4, 0.5) is 0 Å². The number of rotatable bonds is 3. The van der Waals surface area contributed by atoms with Crippen LogP contribution in [0, 0.1) is 5.41 Å². The molecule has 1 aromatic rings. The highest BCUT2D eigenvalue weighted by atomic mass is 32.1. The maximum atomic E-state index is 3.82. The standard InChI is InChI=1S/C14H23NS/c1-11(12-7-6-10-16-12)15-13-8-4-5-9-14(13,2)3/h6-7,10-11,13,15H,4-5,8-9H2,1-3H3/t11-,13?/m0/s1. The molecule has 90 valence electrons. The second kappa shape index (κ2) is 4.89. The molecule has 2 heteroatoms. The van der Waals surface area contributed by atoms with Gasteiger partial charge in [0.25, 0.3) is 0 Å². The first-order valence-corrected chi connectivity index (χ1v) is 7.27. The van der Waals surface area contributed by atoms with Crippen LogP contribution in [0.5, 0.6) is 0 Å². The summed E-state index contributed by atoms with van der Waals surface area (Å²) < 4.78 is 0. The molecule has 16 heavy (non-hydrogen) atoms. The summed E-state index contributed by atoms with van der Waals surface area (Å²) in [7, 11) is 0. The summed E-state index contributed by atoms with van der Waals surface area (Å²) in [6.07, 6.45) is 5.49. The number of thiophene rings is 1. The van der Waals surface area contributed by atoms with Crippen molar-refractivity contribution in [3.05, 3.63) is 22.4 Å². The van der Waals surface area contributed by atoms with Crippen LogP contribution in [0.25, 0.3) is 0 Å². The Bertz CT molecular complexity index is 315. The molecule has 1 aliphatic rings. The Morgan fingerprint density at radius 2 is 2.25 bits per heavy atom. The highest BCUT2D eigenvalue weighted by Crippen LogP contribution is 2.36. The lowest BCUT2D eigenvalue weighted by Gasteiger charge is -2.40. The summed E-state index contributed by atoms with van der Waals surface area (Å²) in [4.78, 5) is 1.46. The van der Waals surface area contributed by atoms with Gasteiger partial charge in [-0.15, -0.1) is 11.3 Å². The van der Waals surface area contributed by atoms with Crippen LogP contribution in [0.15, 0.2) is 17.5 Å². The normalized spacial score (nSPS) is 26.6. The van der Waals surface area contributed by atoms with Gasteiger partial charge in [0.2, 0.25) is 0 Å². The lowest BCUT2D eigenvalue weighted by atomic mass is 9.73. The predicted molar refractivity (Wildman–Crippen MR) is 71.9 cm³/mol. The van der Waals surface area contributed by atoms with E-state index in [4.69, 9.17) is 0 Å². The zero-order chi connectivity index (χ0) is 11.6. The maximum absolute atomic E-state index is 3.82. The smallest absolute Gasteiger partial charge is 0.0388 e. The minimum Gasteiger partial charge on any atom is -0.306 e. The van der Waals surface area contributed by atoms with Gasteiger partial charge in [-0.05, 0) is 36.6 Å². The molecular formula is C14H23NS. The van der Waals surface area contributed by atoms with Crippen molar-refractivity contribution >= 4 is 11.3 Å². The molecule has 0 saturated heterocycles. The second-order valence-corrected chi connectivity index (χ2v) is 6.67. The number of nitrogens with one attached hydrogen (secondary N) is 1. The molecule has 1 unspecified atom stereocenters. The third kappa shape index (κ3) is 2.67. The van der Waals surface area contributed by atoms with Gasteiger partial charge in [-0.3, -0.25) is 0 Å². The lowest BCUT2D eigenvalue weighted by molar-refractivity contribution is 0.158. The van der Waals surface area contributed by atoms with E-state index in [1.807, 2.05) is 11.3 Å². The monoisotopic (exact) mass is 237 g/mol. The van der Waals surface area contributed by atoms with Gasteiger partial charge in [0.1, 0.15) is 0 Å². The van der Waals surface area contributed by atoms with E-state index in [-0.39, 0.29) is 0 Å². The van der Waals surface area contributed by atoms with E-state index in [0.29, 0.717) is 17.5 Å². The second-order valence-electron chi connectivity index (χ2n) is 5.69. The molecule has 1 heterocycles. The average molecular weight is 237 g/mol. The van der Waals surface area contributed by atoms with E-state index in [1.54, 1.807) is 0 Å². The van der Waals surface area contributed by atoms with Gasteiger partial charge >= 0.3 is 0 Å². The predicted octanol–water partition coefficient (Wildman–Crippen LogP) is 4.37. The van der Waals surface area contributed by atoms with Gasteiger partial charge in [-0.1, -0.05) is 32.8 Å². The fourth-order valence-electron chi connectivity index (χ4n) is 2.72. The third-order valence-electron chi connectivity index (χ3n) is 3.93. The number of hydrogen-bond donors (Lipinski definition) is 1. The first-order chi connectivity index (χ1) is 7.59. The highest BCUT2D eigenvalue weighted by Gasteiger charge is 2.32. The minimum absolute atomic E-state index is 0.462. The van der Waals surface area contributed by atoms with Gasteiger partial charge in [-0.2, -0.15) is 0 Å². The quantitative estimate of drug-likeness (QED) is 0.823. The highest BCUT2D eigenvalue weighted by molar-refractivity contribution is 7.10. The average Bonchev–Trinajstić information content (AvgIpc) is 2.74. The molecule has 0 amide bonds. The van der Waals surface area contributed by atoms with Crippen LogP contribution in [0.2, 0.25) is 0 Å². The molecule has 0 aliphatic heterocycles. The number of hydrogen-bond acceptors (Lipinski definition) is 2. The summed E-state index contributed by atoms with van der Waals surface area (Å²) in [6.45, 7) is 7.10. The zero-order valence-electron chi connectivity index (χ0n) is 10.6.